The van der Waals surface area contributed by atoms with E-state index in [4.69, 9.17) is 0 Å². The Morgan fingerprint density at radius 1 is 1.09 bits per heavy atom. The summed E-state index contributed by atoms with van der Waals surface area (Å²) in [6.45, 7) is 1.89. The second-order valence-corrected chi connectivity index (χ2v) is 8.81. The Labute approximate surface area is 195 Å². The minimum Gasteiger partial charge on any atom is -0.325 e. The van der Waals surface area contributed by atoms with Gasteiger partial charge in [0.25, 0.3) is 0 Å². The molecule has 11 heteroatoms. The summed E-state index contributed by atoms with van der Waals surface area (Å²) >= 11 is 2.56. The molecule has 168 valence electrons. The van der Waals surface area contributed by atoms with E-state index in [1.807, 2.05) is 19.1 Å². The van der Waals surface area contributed by atoms with E-state index in [2.05, 4.69) is 25.5 Å². The lowest BCUT2D eigenvalue weighted by Crippen LogP contribution is -2.18. The summed E-state index contributed by atoms with van der Waals surface area (Å²) in [4.78, 5) is 21.7. The summed E-state index contributed by atoms with van der Waals surface area (Å²) in [5.74, 6) is -0.674. The zero-order valence-electron chi connectivity index (χ0n) is 17.1. The van der Waals surface area contributed by atoms with Gasteiger partial charge in [-0.2, -0.15) is 13.2 Å². The summed E-state index contributed by atoms with van der Waals surface area (Å²) in [5.41, 5.74) is 1.21. The largest absolute Gasteiger partial charge is 0.418 e. The van der Waals surface area contributed by atoms with Crippen LogP contribution in [0.5, 0.6) is 0 Å². The normalized spacial score (nSPS) is 11.4. The first kappa shape index (κ1) is 22.9. The number of halogens is 3. The second kappa shape index (κ2) is 9.67. The van der Waals surface area contributed by atoms with E-state index in [-0.39, 0.29) is 11.4 Å². The molecule has 6 nitrogen and oxygen atoms in total. The van der Waals surface area contributed by atoms with E-state index < -0.39 is 17.6 Å². The van der Waals surface area contributed by atoms with Gasteiger partial charge >= 0.3 is 6.18 Å². The number of para-hydroxylation sites is 1. The van der Waals surface area contributed by atoms with E-state index in [1.165, 1.54) is 29.5 Å². The van der Waals surface area contributed by atoms with E-state index in [0.29, 0.717) is 10.7 Å². The van der Waals surface area contributed by atoms with Crippen molar-refractivity contribution in [2.24, 2.45) is 0 Å². The first-order valence-corrected chi connectivity index (χ1v) is 11.4. The molecule has 3 heterocycles. The molecule has 1 N–H and O–H groups in total. The third-order valence-electron chi connectivity index (χ3n) is 4.44. The summed E-state index contributed by atoms with van der Waals surface area (Å²) in [7, 11) is 0. The zero-order valence-corrected chi connectivity index (χ0v) is 18.8. The van der Waals surface area contributed by atoms with Crippen LogP contribution in [0.3, 0.4) is 0 Å². The lowest BCUT2D eigenvalue weighted by Gasteiger charge is -2.13. The topological polar surface area (TPSA) is 80.7 Å². The van der Waals surface area contributed by atoms with Crippen LogP contribution in [0.2, 0.25) is 0 Å². The number of rotatable bonds is 6. The predicted octanol–water partition coefficient (Wildman–Crippen LogP) is 5.72. The Hall–Kier alpha value is -3.31. The van der Waals surface area contributed by atoms with Gasteiger partial charge in [-0.1, -0.05) is 23.9 Å². The smallest absolute Gasteiger partial charge is 0.325 e. The highest BCUT2D eigenvalue weighted by molar-refractivity contribution is 7.99. The van der Waals surface area contributed by atoms with Crippen molar-refractivity contribution in [3.63, 3.8) is 0 Å². The predicted molar refractivity (Wildman–Crippen MR) is 122 cm³/mol. The Bertz CT molecular complexity index is 1260. The maximum Gasteiger partial charge on any atom is 0.418 e. The van der Waals surface area contributed by atoms with Crippen molar-refractivity contribution in [3.05, 3.63) is 72.2 Å². The van der Waals surface area contributed by atoms with Crippen molar-refractivity contribution in [1.82, 2.24) is 20.2 Å². The molecular formula is C22H16F3N5OS2. The van der Waals surface area contributed by atoms with Crippen LogP contribution in [-0.4, -0.2) is 31.8 Å². The molecule has 0 saturated heterocycles. The van der Waals surface area contributed by atoms with Crippen molar-refractivity contribution >= 4 is 34.7 Å². The fraction of sp³-hybridized carbons (Fsp3) is 0.136. The van der Waals surface area contributed by atoms with Gasteiger partial charge in [-0.05, 0) is 43.3 Å². The Kier molecular flexibility index (Phi) is 6.70. The van der Waals surface area contributed by atoms with E-state index in [1.54, 1.807) is 24.5 Å². The quantitative estimate of drug-likeness (QED) is 0.351. The van der Waals surface area contributed by atoms with E-state index in [0.717, 1.165) is 39.0 Å². The number of aryl methyl sites for hydroxylation is 1. The number of hydrogen-bond acceptors (Lipinski definition) is 7. The molecule has 4 rings (SSSR count). The van der Waals surface area contributed by atoms with Gasteiger partial charge in [-0.3, -0.25) is 9.78 Å². The van der Waals surface area contributed by atoms with Gasteiger partial charge in [-0.25, -0.2) is 4.98 Å². The van der Waals surface area contributed by atoms with Gasteiger partial charge in [0.1, 0.15) is 15.7 Å². The van der Waals surface area contributed by atoms with Gasteiger partial charge in [0.15, 0.2) is 0 Å². The maximum absolute atomic E-state index is 13.1. The summed E-state index contributed by atoms with van der Waals surface area (Å²) in [6.07, 6.45) is -1.11. The van der Waals surface area contributed by atoms with Crippen molar-refractivity contribution in [3.8, 4) is 21.1 Å². The molecule has 0 unspecified atom stereocenters. The molecule has 1 amide bonds. The number of thiazole rings is 1. The number of nitrogens with one attached hydrogen (secondary N) is 1. The Morgan fingerprint density at radius 3 is 2.61 bits per heavy atom. The van der Waals surface area contributed by atoms with Gasteiger partial charge in [-0.15, -0.1) is 21.5 Å². The van der Waals surface area contributed by atoms with Crippen molar-refractivity contribution in [2.45, 2.75) is 18.1 Å². The number of anilines is 1. The highest BCUT2D eigenvalue weighted by Crippen LogP contribution is 2.35. The molecule has 3 aromatic heterocycles. The average Bonchev–Trinajstić information content (AvgIpc) is 3.20. The molecule has 33 heavy (non-hydrogen) atoms. The maximum atomic E-state index is 13.1. The Morgan fingerprint density at radius 2 is 1.91 bits per heavy atom. The SMILES string of the molecule is Cc1nc(-c2cccnc2)sc1-c1ccc(SCC(=O)Nc2ccccc2C(F)(F)F)nn1. The number of pyridine rings is 1. The molecule has 0 fully saturated rings. The fourth-order valence-electron chi connectivity index (χ4n) is 2.93. The van der Waals surface area contributed by atoms with Gasteiger partial charge < -0.3 is 5.32 Å². The van der Waals surface area contributed by atoms with Crippen LogP contribution in [0.25, 0.3) is 21.1 Å². The lowest BCUT2D eigenvalue weighted by atomic mass is 10.1. The van der Waals surface area contributed by atoms with Crippen LogP contribution in [0.15, 0.2) is 66.0 Å². The van der Waals surface area contributed by atoms with Crippen LogP contribution in [0.4, 0.5) is 18.9 Å². The molecular weight excluding hydrogens is 471 g/mol. The number of alkyl halides is 3. The van der Waals surface area contributed by atoms with Crippen molar-refractivity contribution < 1.29 is 18.0 Å². The van der Waals surface area contributed by atoms with Gasteiger partial charge in [0.05, 0.1) is 27.6 Å². The number of hydrogen-bond donors (Lipinski definition) is 1. The highest BCUT2D eigenvalue weighted by atomic mass is 32.2. The molecule has 4 aromatic rings. The summed E-state index contributed by atoms with van der Waals surface area (Å²) in [6, 6.07) is 12.1. The first-order chi connectivity index (χ1) is 15.8. The van der Waals surface area contributed by atoms with Crippen LogP contribution >= 0.6 is 23.1 Å². The number of amides is 1. The van der Waals surface area contributed by atoms with E-state index >= 15 is 0 Å². The number of thioether (sulfide) groups is 1. The number of carbonyl (C=O) groups excluding carboxylic acids is 1. The molecule has 0 saturated carbocycles. The molecule has 0 aliphatic carbocycles. The summed E-state index contributed by atoms with van der Waals surface area (Å²) in [5, 5.41) is 12.0. The van der Waals surface area contributed by atoms with Crippen LogP contribution in [-0.2, 0) is 11.0 Å². The van der Waals surface area contributed by atoms with Crippen LogP contribution in [0, 0.1) is 6.92 Å². The second-order valence-electron chi connectivity index (χ2n) is 6.81. The molecule has 0 spiro atoms. The third kappa shape index (κ3) is 5.55. The average molecular weight is 488 g/mol. The monoisotopic (exact) mass is 487 g/mol. The number of carbonyl (C=O) groups is 1. The highest BCUT2D eigenvalue weighted by Gasteiger charge is 2.33. The zero-order chi connectivity index (χ0) is 23.4. The number of nitrogens with zero attached hydrogens (tertiary/aromatic N) is 4. The van der Waals surface area contributed by atoms with Gasteiger partial charge in [0, 0.05) is 18.0 Å². The minimum atomic E-state index is -4.55. The molecule has 0 radical (unpaired) electrons. The molecule has 0 aliphatic rings. The lowest BCUT2D eigenvalue weighted by molar-refractivity contribution is -0.137. The van der Waals surface area contributed by atoms with E-state index in [9.17, 15) is 18.0 Å². The minimum absolute atomic E-state index is 0.106. The van der Waals surface area contributed by atoms with Gasteiger partial charge in [0.2, 0.25) is 5.91 Å². The third-order valence-corrected chi connectivity index (χ3v) is 6.58. The summed E-state index contributed by atoms with van der Waals surface area (Å²) < 4.78 is 39.2. The molecule has 0 aliphatic heterocycles. The standard InChI is InChI=1S/C22H16F3N5OS2/c1-13-20(33-21(27-13)14-5-4-10-26-11-14)17-8-9-19(30-29-17)32-12-18(31)28-16-7-3-2-6-15(16)22(23,24)25/h2-11H,12H2,1H3,(H,28,31). The number of aromatic nitrogens is 4. The van der Waals surface area contributed by atoms with Crippen LogP contribution < -0.4 is 5.32 Å². The first-order valence-electron chi connectivity index (χ1n) is 9.62. The Balaban J connectivity index is 1.40. The molecule has 0 bridgehead atoms. The van der Waals surface area contributed by atoms with Crippen molar-refractivity contribution in [1.29, 1.82) is 0 Å². The number of benzene rings is 1. The van der Waals surface area contributed by atoms with Crippen molar-refractivity contribution in [2.75, 3.05) is 11.1 Å². The molecule has 1 aromatic carbocycles. The molecule has 0 atom stereocenters. The van der Waals surface area contributed by atoms with Crippen LogP contribution in [0.1, 0.15) is 11.3 Å². The fourth-order valence-corrected chi connectivity index (χ4v) is 4.57.